The van der Waals surface area contributed by atoms with Gasteiger partial charge in [-0.3, -0.25) is 9.69 Å². The molecule has 0 N–H and O–H groups in total. The molecule has 1 aliphatic heterocycles. The molecule has 1 amide bonds. The monoisotopic (exact) mass is 655 g/mol. The van der Waals surface area contributed by atoms with Crippen LogP contribution < -0.4 is 4.74 Å². The summed E-state index contributed by atoms with van der Waals surface area (Å²) in [5.74, 6) is -4.06. The quantitative estimate of drug-likeness (QED) is 0.230. The summed E-state index contributed by atoms with van der Waals surface area (Å²) in [5.41, 5.74) is -4.58. The van der Waals surface area contributed by atoms with Crippen molar-refractivity contribution in [1.29, 1.82) is 0 Å². The zero-order chi connectivity index (χ0) is 33.9. The summed E-state index contributed by atoms with van der Waals surface area (Å²) in [6, 6.07) is 1.20. The highest BCUT2D eigenvalue weighted by molar-refractivity contribution is 6.01. The molecule has 1 aliphatic carbocycles. The molecule has 2 atom stereocenters. The van der Waals surface area contributed by atoms with Gasteiger partial charge in [0.1, 0.15) is 17.7 Å². The van der Waals surface area contributed by atoms with Crippen LogP contribution in [0.25, 0.3) is 5.57 Å². The highest BCUT2D eigenvalue weighted by atomic mass is 19.4. The number of cyclic esters (lactones) is 1. The third-order valence-corrected chi connectivity index (χ3v) is 7.98. The average Bonchev–Trinajstić information content (AvgIpc) is 3.19. The Hall–Kier alpha value is -3.78. The Kier molecular flexibility index (Phi) is 8.74. The smallest absolute Gasteiger partial charge is 0.454 e. The van der Waals surface area contributed by atoms with Crippen LogP contribution in [0.5, 0.6) is 5.75 Å². The molecule has 4 rings (SSSR count). The molecule has 1 heterocycles. The summed E-state index contributed by atoms with van der Waals surface area (Å²) < 4.78 is 146. The fraction of sp³-hybridized carbons (Fsp3) is 0.467. The number of benzene rings is 2. The maximum atomic E-state index is 14.6. The Morgan fingerprint density at radius 1 is 0.978 bits per heavy atom. The molecule has 5 nitrogen and oxygen atoms in total. The van der Waals surface area contributed by atoms with Crippen LogP contribution in [0.1, 0.15) is 78.7 Å². The predicted octanol–water partition coefficient (Wildman–Crippen LogP) is 9.16. The largest absolute Gasteiger partial charge is 0.496 e. The molecule has 2 aliphatic rings. The van der Waals surface area contributed by atoms with Crippen LogP contribution in [-0.4, -0.2) is 42.6 Å². The first-order chi connectivity index (χ1) is 20.5. The summed E-state index contributed by atoms with van der Waals surface area (Å²) in [6.45, 7) is 4.85. The van der Waals surface area contributed by atoms with Crippen molar-refractivity contribution >= 4 is 17.4 Å². The molecule has 246 valence electrons. The van der Waals surface area contributed by atoms with E-state index in [1.54, 1.807) is 0 Å². The van der Waals surface area contributed by atoms with Gasteiger partial charge in [0.15, 0.2) is 0 Å². The number of amides is 1. The zero-order valence-corrected chi connectivity index (χ0v) is 24.2. The van der Waals surface area contributed by atoms with Crippen LogP contribution in [0.15, 0.2) is 35.9 Å². The molecule has 45 heavy (non-hydrogen) atoms. The van der Waals surface area contributed by atoms with E-state index in [1.165, 1.54) is 6.92 Å². The van der Waals surface area contributed by atoms with Gasteiger partial charge in [0.05, 0.1) is 29.8 Å². The van der Waals surface area contributed by atoms with Gasteiger partial charge in [0.2, 0.25) is 0 Å². The third kappa shape index (κ3) is 7.06. The zero-order valence-electron chi connectivity index (χ0n) is 24.2. The normalized spacial score (nSPS) is 20.8. The molecule has 1 fully saturated rings. The lowest BCUT2D eigenvalue weighted by atomic mass is 9.72. The van der Waals surface area contributed by atoms with Gasteiger partial charge in [-0.25, -0.2) is 9.18 Å². The number of hydrogen-bond acceptors (Lipinski definition) is 4. The van der Waals surface area contributed by atoms with E-state index in [-0.39, 0.29) is 36.8 Å². The number of ether oxygens (including phenoxy) is 2. The minimum atomic E-state index is -5.38. The first kappa shape index (κ1) is 34.1. The molecule has 0 radical (unpaired) electrons. The van der Waals surface area contributed by atoms with Crippen molar-refractivity contribution < 1.29 is 63.0 Å². The van der Waals surface area contributed by atoms with Crippen molar-refractivity contribution in [1.82, 2.24) is 4.90 Å². The SMILES string of the molecule is COc1cc(F)c(C(=O)C(F)(F)F)cc1C1=C(CN2C(=O)O[C@H](c3cc(C(F)(F)F)cc(C(F)(F)F)c3)[C@@H]2C)CC(C)(C)CC1. The molecule has 0 aromatic heterocycles. The summed E-state index contributed by atoms with van der Waals surface area (Å²) in [6.07, 6.45) is -17.3. The second-order valence-corrected chi connectivity index (χ2v) is 11.8. The second kappa shape index (κ2) is 11.5. The Bertz CT molecular complexity index is 1510. The van der Waals surface area contributed by atoms with Crippen molar-refractivity contribution in [2.24, 2.45) is 5.41 Å². The van der Waals surface area contributed by atoms with Crippen molar-refractivity contribution in [2.75, 3.05) is 13.7 Å². The number of ketones is 1. The van der Waals surface area contributed by atoms with Crippen molar-refractivity contribution in [2.45, 2.75) is 70.7 Å². The Morgan fingerprint density at radius 3 is 2.07 bits per heavy atom. The van der Waals surface area contributed by atoms with Crippen LogP contribution in [-0.2, 0) is 17.1 Å². The number of Topliss-reactive ketones (excluding diaryl/α,β-unsaturated/α-hetero) is 1. The van der Waals surface area contributed by atoms with E-state index in [4.69, 9.17) is 9.47 Å². The fourth-order valence-corrected chi connectivity index (χ4v) is 5.68. The van der Waals surface area contributed by atoms with Gasteiger partial charge in [-0.15, -0.1) is 0 Å². The average molecular weight is 656 g/mol. The number of allylic oxidation sites excluding steroid dienone is 1. The maximum absolute atomic E-state index is 14.6. The first-order valence-corrected chi connectivity index (χ1v) is 13.5. The van der Waals surface area contributed by atoms with Crippen LogP contribution in [0.2, 0.25) is 0 Å². The van der Waals surface area contributed by atoms with E-state index in [9.17, 15) is 53.5 Å². The van der Waals surface area contributed by atoms with Gasteiger partial charge in [-0.2, -0.15) is 39.5 Å². The number of halogens is 10. The molecule has 2 aromatic carbocycles. The lowest BCUT2D eigenvalue weighted by molar-refractivity contribution is -0.143. The lowest BCUT2D eigenvalue weighted by Crippen LogP contribution is -2.35. The van der Waals surface area contributed by atoms with E-state index in [0.717, 1.165) is 18.1 Å². The van der Waals surface area contributed by atoms with Gasteiger partial charge < -0.3 is 9.47 Å². The highest BCUT2D eigenvalue weighted by Gasteiger charge is 2.45. The van der Waals surface area contributed by atoms with Crippen molar-refractivity contribution in [3.05, 3.63) is 69.5 Å². The summed E-state index contributed by atoms with van der Waals surface area (Å²) in [4.78, 5) is 26.1. The van der Waals surface area contributed by atoms with Gasteiger partial charge in [0, 0.05) is 18.2 Å². The van der Waals surface area contributed by atoms with Gasteiger partial charge in [0.25, 0.3) is 5.78 Å². The van der Waals surface area contributed by atoms with Gasteiger partial charge in [-0.05, 0) is 72.6 Å². The number of carbonyl (C=O) groups excluding carboxylic acids is 2. The predicted molar refractivity (Wildman–Crippen MR) is 140 cm³/mol. The molecule has 15 heteroatoms. The molecule has 2 aromatic rings. The van der Waals surface area contributed by atoms with Crippen molar-refractivity contribution in [3.63, 3.8) is 0 Å². The fourth-order valence-electron chi connectivity index (χ4n) is 5.68. The molecule has 0 spiro atoms. The number of rotatable bonds is 6. The molecular formula is C30H27F10NO4. The van der Waals surface area contributed by atoms with E-state index >= 15 is 0 Å². The molecule has 0 bridgehead atoms. The summed E-state index contributed by atoms with van der Waals surface area (Å²) in [5, 5.41) is 0. The minimum Gasteiger partial charge on any atom is -0.496 e. The van der Waals surface area contributed by atoms with E-state index in [2.05, 4.69) is 0 Å². The van der Waals surface area contributed by atoms with Gasteiger partial charge >= 0.3 is 24.6 Å². The molecular weight excluding hydrogens is 628 g/mol. The third-order valence-electron chi connectivity index (χ3n) is 7.98. The first-order valence-electron chi connectivity index (χ1n) is 13.5. The Labute approximate surface area is 250 Å². The maximum Gasteiger partial charge on any atom is 0.454 e. The topological polar surface area (TPSA) is 55.8 Å². The highest BCUT2D eigenvalue weighted by Crippen LogP contribution is 2.47. The van der Waals surface area contributed by atoms with Crippen molar-refractivity contribution in [3.8, 4) is 5.75 Å². The summed E-state index contributed by atoms with van der Waals surface area (Å²) in [7, 11) is 1.14. The second-order valence-electron chi connectivity index (χ2n) is 11.8. The van der Waals surface area contributed by atoms with E-state index in [0.29, 0.717) is 35.8 Å². The van der Waals surface area contributed by atoms with Crippen LogP contribution >= 0.6 is 0 Å². The van der Waals surface area contributed by atoms with E-state index < -0.39 is 76.0 Å². The summed E-state index contributed by atoms with van der Waals surface area (Å²) >= 11 is 0. The van der Waals surface area contributed by atoms with Crippen LogP contribution in [0, 0.1) is 11.2 Å². The molecule has 0 unspecified atom stereocenters. The van der Waals surface area contributed by atoms with E-state index in [1.807, 2.05) is 13.8 Å². The van der Waals surface area contributed by atoms with Crippen LogP contribution in [0.4, 0.5) is 48.7 Å². The lowest BCUT2D eigenvalue weighted by Gasteiger charge is -2.36. The van der Waals surface area contributed by atoms with Gasteiger partial charge in [-0.1, -0.05) is 13.8 Å². The number of carbonyl (C=O) groups is 2. The van der Waals surface area contributed by atoms with Crippen LogP contribution in [0.3, 0.4) is 0 Å². The standard InChI is InChI=1S/C30H27F10NO4/c1-14-24(15-7-17(28(32,33)34)9-18(8-15)29(35,36)37)45-26(43)41(14)13-16-12-27(2,3)6-5-19(16)20-10-21(25(42)30(38,39)40)22(31)11-23(20)44-4/h7-11,14,24H,5-6,12-13H2,1-4H3/t14-,24-/m0/s1. The molecule has 1 saturated heterocycles. The number of hydrogen-bond donors (Lipinski definition) is 0. The Balaban J connectivity index is 1.79. The minimum absolute atomic E-state index is 0.0264. The number of nitrogens with zero attached hydrogens (tertiary/aromatic N) is 1. The molecule has 0 saturated carbocycles. The number of methoxy groups -OCH3 is 1. The Morgan fingerprint density at radius 2 is 1.56 bits per heavy atom. The number of alkyl halides is 9.